The van der Waals surface area contributed by atoms with Gasteiger partial charge in [-0.25, -0.2) is 15.2 Å². The molecule has 2 aromatic carbocycles. The van der Waals surface area contributed by atoms with E-state index in [0.29, 0.717) is 17.0 Å². The van der Waals surface area contributed by atoms with E-state index in [9.17, 15) is 9.59 Å². The van der Waals surface area contributed by atoms with Gasteiger partial charge in [-0.05, 0) is 36.8 Å². The van der Waals surface area contributed by atoms with Crippen molar-refractivity contribution in [3.8, 4) is 5.75 Å². The number of ether oxygens (including phenoxy) is 1. The van der Waals surface area contributed by atoms with E-state index >= 15 is 0 Å². The Morgan fingerprint density at radius 3 is 2.90 bits per heavy atom. The highest BCUT2D eigenvalue weighted by molar-refractivity contribution is 5.84. The highest BCUT2D eigenvalue weighted by atomic mass is 16.5. The molecule has 0 spiro atoms. The average molecular weight is 388 g/mol. The van der Waals surface area contributed by atoms with Crippen LogP contribution < -0.4 is 15.8 Å². The normalized spacial score (nSPS) is 11.2. The highest BCUT2D eigenvalue weighted by Crippen LogP contribution is 2.22. The zero-order chi connectivity index (χ0) is 20.2. The lowest BCUT2D eigenvalue weighted by Gasteiger charge is -2.06. The smallest absolute Gasteiger partial charge is 0.336 e. The van der Waals surface area contributed by atoms with E-state index < -0.39 is 11.5 Å². The summed E-state index contributed by atoms with van der Waals surface area (Å²) in [5.41, 5.74) is 5.19. The summed E-state index contributed by atoms with van der Waals surface area (Å²) in [7, 11) is 0. The molecule has 29 heavy (non-hydrogen) atoms. The number of aromatic nitrogens is 2. The number of fused-ring (bicyclic) bond motifs is 2. The number of nitrogens with one attached hydrogen (secondary N) is 1. The Morgan fingerprint density at radius 1 is 1.21 bits per heavy atom. The maximum Gasteiger partial charge on any atom is 0.336 e. The van der Waals surface area contributed by atoms with Gasteiger partial charge in [0.15, 0.2) is 6.61 Å². The van der Waals surface area contributed by atoms with E-state index in [4.69, 9.17) is 9.15 Å². The maximum atomic E-state index is 11.9. The van der Waals surface area contributed by atoms with Crippen LogP contribution in [-0.4, -0.2) is 28.7 Å². The third-order valence-electron chi connectivity index (χ3n) is 4.15. The zero-order valence-electron chi connectivity index (χ0n) is 15.5. The molecule has 8 heteroatoms. The molecule has 8 nitrogen and oxygen atoms in total. The van der Waals surface area contributed by atoms with Crippen molar-refractivity contribution < 1.29 is 13.9 Å². The second kappa shape index (κ2) is 7.89. The molecule has 0 aliphatic rings. The first-order chi connectivity index (χ1) is 14.1. The lowest BCUT2D eigenvalue weighted by Crippen LogP contribution is -2.24. The molecule has 0 radical (unpaired) electrons. The summed E-state index contributed by atoms with van der Waals surface area (Å²) >= 11 is 0. The highest BCUT2D eigenvalue weighted by Gasteiger charge is 2.06. The third kappa shape index (κ3) is 4.27. The van der Waals surface area contributed by atoms with Crippen LogP contribution in [0.1, 0.15) is 11.3 Å². The Morgan fingerprint density at radius 2 is 2.03 bits per heavy atom. The van der Waals surface area contributed by atoms with Gasteiger partial charge in [0, 0.05) is 17.5 Å². The fourth-order valence-electron chi connectivity index (χ4n) is 2.78. The van der Waals surface area contributed by atoms with Crippen molar-refractivity contribution in [2.45, 2.75) is 6.92 Å². The van der Waals surface area contributed by atoms with Gasteiger partial charge in [0.1, 0.15) is 17.0 Å². The SMILES string of the molecule is Cc1cc(=O)oc2cc(OCC(=O)N/N=C\c3cnc4ccccc4n3)ccc12. The minimum Gasteiger partial charge on any atom is -0.484 e. The Balaban J connectivity index is 1.36. The minimum absolute atomic E-state index is 0.248. The van der Waals surface area contributed by atoms with E-state index in [1.807, 2.05) is 31.2 Å². The minimum atomic E-state index is -0.444. The van der Waals surface area contributed by atoms with E-state index in [2.05, 4.69) is 20.5 Å². The molecule has 0 aliphatic carbocycles. The van der Waals surface area contributed by atoms with Crippen molar-refractivity contribution in [2.75, 3.05) is 6.61 Å². The van der Waals surface area contributed by atoms with Crippen molar-refractivity contribution in [3.63, 3.8) is 0 Å². The monoisotopic (exact) mass is 388 g/mol. The van der Waals surface area contributed by atoms with Gasteiger partial charge in [-0.3, -0.25) is 9.78 Å². The standard InChI is InChI=1S/C21H16N4O4/c1-13-8-21(27)29-19-9-15(6-7-16(13)19)28-12-20(26)25-23-11-14-10-22-17-4-2-3-5-18(17)24-14/h2-11H,12H2,1H3,(H,25,26)/b23-11-. The second-order valence-electron chi connectivity index (χ2n) is 6.27. The molecule has 0 aliphatic heterocycles. The van der Waals surface area contributed by atoms with Crippen LogP contribution in [0.25, 0.3) is 22.0 Å². The molecular weight excluding hydrogens is 372 g/mol. The second-order valence-corrected chi connectivity index (χ2v) is 6.27. The molecule has 4 rings (SSSR count). The number of rotatable bonds is 5. The first kappa shape index (κ1) is 18.3. The van der Waals surface area contributed by atoms with E-state index in [0.717, 1.165) is 22.0 Å². The van der Waals surface area contributed by atoms with Gasteiger partial charge in [0.2, 0.25) is 0 Å². The lowest BCUT2D eigenvalue weighted by atomic mass is 10.1. The molecular formula is C21H16N4O4. The summed E-state index contributed by atoms with van der Waals surface area (Å²) < 4.78 is 10.6. The molecule has 0 bridgehead atoms. The fraction of sp³-hybridized carbons (Fsp3) is 0.0952. The zero-order valence-corrected chi connectivity index (χ0v) is 15.5. The number of para-hydroxylation sites is 2. The van der Waals surface area contributed by atoms with Crippen molar-refractivity contribution in [2.24, 2.45) is 5.10 Å². The predicted octanol–water partition coefficient (Wildman–Crippen LogP) is 2.57. The Labute approximate surface area is 164 Å². The topological polar surface area (TPSA) is 107 Å². The number of nitrogens with zero attached hydrogens (tertiary/aromatic N) is 3. The van der Waals surface area contributed by atoms with E-state index in [-0.39, 0.29) is 6.61 Å². The third-order valence-corrected chi connectivity index (χ3v) is 4.15. The van der Waals surface area contributed by atoms with Crippen LogP contribution in [0.15, 0.2) is 69.0 Å². The van der Waals surface area contributed by atoms with Gasteiger partial charge in [0.25, 0.3) is 5.91 Å². The number of carbonyl (C=O) groups excluding carboxylic acids is 1. The van der Waals surface area contributed by atoms with Crippen molar-refractivity contribution in [1.29, 1.82) is 0 Å². The molecule has 0 atom stereocenters. The summed E-state index contributed by atoms with van der Waals surface area (Å²) in [4.78, 5) is 32.1. The van der Waals surface area contributed by atoms with Crippen LogP contribution in [-0.2, 0) is 4.79 Å². The largest absolute Gasteiger partial charge is 0.484 e. The van der Waals surface area contributed by atoms with Crippen LogP contribution in [0.3, 0.4) is 0 Å². The van der Waals surface area contributed by atoms with Crippen LogP contribution in [0, 0.1) is 6.92 Å². The summed E-state index contributed by atoms with van der Waals surface area (Å²) in [5, 5.41) is 4.67. The summed E-state index contributed by atoms with van der Waals surface area (Å²) in [5.74, 6) is -0.0356. The number of aryl methyl sites for hydroxylation is 1. The molecule has 4 aromatic rings. The van der Waals surface area contributed by atoms with Gasteiger partial charge in [-0.1, -0.05) is 12.1 Å². The predicted molar refractivity (Wildman–Crippen MR) is 108 cm³/mol. The number of carbonyl (C=O) groups is 1. The summed E-state index contributed by atoms with van der Waals surface area (Å²) in [6.45, 7) is 1.58. The lowest BCUT2D eigenvalue weighted by molar-refractivity contribution is -0.123. The van der Waals surface area contributed by atoms with Crippen molar-refractivity contribution in [1.82, 2.24) is 15.4 Å². The molecule has 2 heterocycles. The molecule has 0 fully saturated rings. The first-order valence-electron chi connectivity index (χ1n) is 8.79. The van der Waals surface area contributed by atoms with Gasteiger partial charge in [0.05, 0.1) is 23.4 Å². The average Bonchev–Trinajstić information content (AvgIpc) is 2.72. The number of benzene rings is 2. The molecule has 1 N–H and O–H groups in total. The van der Waals surface area contributed by atoms with E-state index in [1.54, 1.807) is 24.4 Å². The molecule has 0 unspecified atom stereocenters. The van der Waals surface area contributed by atoms with Crippen molar-refractivity contribution >= 4 is 34.1 Å². The number of hydrogen-bond donors (Lipinski definition) is 1. The number of hydrazone groups is 1. The molecule has 2 aromatic heterocycles. The van der Waals surface area contributed by atoms with Gasteiger partial charge >= 0.3 is 5.63 Å². The van der Waals surface area contributed by atoms with E-state index in [1.165, 1.54) is 12.3 Å². The van der Waals surface area contributed by atoms with Crippen LogP contribution >= 0.6 is 0 Å². The Hall–Kier alpha value is -4.07. The number of amides is 1. The Kier molecular flexibility index (Phi) is 4.98. The van der Waals surface area contributed by atoms with Gasteiger partial charge in [-0.2, -0.15) is 5.10 Å². The molecule has 0 saturated heterocycles. The summed E-state index contributed by atoms with van der Waals surface area (Å²) in [6, 6.07) is 13.9. The first-order valence-corrected chi connectivity index (χ1v) is 8.79. The molecule has 1 amide bonds. The molecule has 0 saturated carbocycles. The molecule has 144 valence electrons. The Bertz CT molecular complexity index is 1300. The maximum absolute atomic E-state index is 11.9. The number of hydrogen-bond acceptors (Lipinski definition) is 7. The van der Waals surface area contributed by atoms with Crippen molar-refractivity contribution in [3.05, 3.63) is 76.4 Å². The van der Waals surface area contributed by atoms with Crippen LogP contribution in [0.5, 0.6) is 5.75 Å². The van der Waals surface area contributed by atoms with Gasteiger partial charge < -0.3 is 9.15 Å². The fourth-order valence-corrected chi connectivity index (χ4v) is 2.78. The van der Waals surface area contributed by atoms with Crippen LogP contribution in [0.2, 0.25) is 0 Å². The quantitative estimate of drug-likeness (QED) is 0.320. The summed E-state index contributed by atoms with van der Waals surface area (Å²) in [6.07, 6.45) is 2.98. The van der Waals surface area contributed by atoms with Gasteiger partial charge in [-0.15, -0.1) is 0 Å². The van der Waals surface area contributed by atoms with Crippen LogP contribution in [0.4, 0.5) is 0 Å².